The number of fused-ring (bicyclic) bond motifs is 1. The highest BCUT2D eigenvalue weighted by Crippen LogP contribution is 2.39. The van der Waals surface area contributed by atoms with Crippen LogP contribution in [-0.4, -0.2) is 78.1 Å². The van der Waals surface area contributed by atoms with E-state index in [9.17, 15) is 23.9 Å². The van der Waals surface area contributed by atoms with E-state index in [1.807, 2.05) is 24.3 Å². The third kappa shape index (κ3) is 6.69. The number of hydrogen-bond donors (Lipinski definition) is 2. The van der Waals surface area contributed by atoms with Gasteiger partial charge in [0.05, 0.1) is 36.0 Å². The maximum Gasteiger partial charge on any atom is 0.335 e. The number of anilines is 2. The maximum atomic E-state index is 14.8. The van der Waals surface area contributed by atoms with E-state index >= 15 is 0 Å². The molecule has 0 saturated carbocycles. The summed E-state index contributed by atoms with van der Waals surface area (Å²) >= 11 is 5.99. The Labute approximate surface area is 292 Å². The van der Waals surface area contributed by atoms with Crippen molar-refractivity contribution in [2.75, 3.05) is 49.7 Å². The Bertz CT molecular complexity index is 1970. The largest absolute Gasteiger partial charge is 0.478 e. The highest BCUT2D eigenvalue weighted by Gasteiger charge is 2.41. The molecule has 256 valence electrons. The van der Waals surface area contributed by atoms with Crippen LogP contribution in [0.4, 0.5) is 15.8 Å². The van der Waals surface area contributed by atoms with Gasteiger partial charge in [0.2, 0.25) is 0 Å². The summed E-state index contributed by atoms with van der Waals surface area (Å²) in [5, 5.41) is 21.7. The Morgan fingerprint density at radius 1 is 0.920 bits per heavy atom. The van der Waals surface area contributed by atoms with E-state index in [0.717, 1.165) is 41.9 Å². The number of ether oxygens (including phenoxy) is 1. The fourth-order valence-electron chi connectivity index (χ4n) is 6.79. The number of nitrogens with one attached hydrogen (secondary N) is 1. The Kier molecular flexibility index (Phi) is 9.57. The molecule has 4 aromatic carbocycles. The van der Waals surface area contributed by atoms with Gasteiger partial charge in [-0.3, -0.25) is 14.5 Å². The van der Waals surface area contributed by atoms with Crippen molar-refractivity contribution in [3.63, 3.8) is 0 Å². The van der Waals surface area contributed by atoms with Gasteiger partial charge in [-0.15, -0.1) is 0 Å². The molecule has 3 heterocycles. The van der Waals surface area contributed by atoms with Crippen molar-refractivity contribution in [2.24, 2.45) is 10.3 Å². The smallest absolute Gasteiger partial charge is 0.335 e. The summed E-state index contributed by atoms with van der Waals surface area (Å²) in [5.74, 6) is -2.64. The Morgan fingerprint density at radius 2 is 1.66 bits per heavy atom. The zero-order valence-electron chi connectivity index (χ0n) is 27.0. The van der Waals surface area contributed by atoms with Crippen LogP contribution in [0.25, 0.3) is 11.1 Å². The monoisotopic (exact) mass is 696 g/mol. The normalized spacial score (nSPS) is 18.9. The molecule has 7 rings (SSSR count). The summed E-state index contributed by atoms with van der Waals surface area (Å²) in [4.78, 5) is 43.8. The summed E-state index contributed by atoms with van der Waals surface area (Å²) in [6, 6.07) is 22.4. The maximum absolute atomic E-state index is 14.8. The van der Waals surface area contributed by atoms with Crippen LogP contribution in [0.3, 0.4) is 0 Å². The molecule has 13 heteroatoms. The van der Waals surface area contributed by atoms with Crippen molar-refractivity contribution in [1.82, 2.24) is 9.80 Å². The number of amides is 2. The molecular weight excluding hydrogens is 663 g/mol. The van der Waals surface area contributed by atoms with E-state index in [0.29, 0.717) is 30.9 Å². The van der Waals surface area contributed by atoms with Crippen LogP contribution in [0.2, 0.25) is 5.02 Å². The lowest BCUT2D eigenvalue weighted by Crippen LogP contribution is -2.49. The molecule has 2 amide bonds. The molecule has 11 nitrogen and oxygen atoms in total. The average molecular weight is 697 g/mol. The van der Waals surface area contributed by atoms with Gasteiger partial charge in [-0.2, -0.15) is 5.11 Å². The van der Waals surface area contributed by atoms with E-state index in [4.69, 9.17) is 16.3 Å². The molecule has 2 N–H and O–H groups in total. The molecule has 50 heavy (non-hydrogen) atoms. The molecule has 0 radical (unpaired) electrons. The Balaban J connectivity index is 1.22. The number of benzene rings is 4. The minimum atomic E-state index is -1.08. The van der Waals surface area contributed by atoms with Crippen LogP contribution < -0.4 is 10.3 Å². The number of carboxylic acid groups (broad SMARTS) is 1. The molecule has 2 atom stereocenters. The molecule has 2 unspecified atom stereocenters. The number of halogens is 2. The molecule has 0 aromatic heterocycles. The number of morpholine rings is 1. The van der Waals surface area contributed by atoms with Crippen molar-refractivity contribution in [3.8, 4) is 11.1 Å². The number of carboxylic acids is 1. The number of nitrogens with zero attached hydrogens (tertiary/aromatic N) is 5. The van der Waals surface area contributed by atoms with Crippen molar-refractivity contribution in [2.45, 2.75) is 25.0 Å². The number of rotatable bonds is 8. The van der Waals surface area contributed by atoms with E-state index in [2.05, 4.69) is 38.8 Å². The first-order valence-electron chi connectivity index (χ1n) is 16.4. The zero-order chi connectivity index (χ0) is 34.8. The summed E-state index contributed by atoms with van der Waals surface area (Å²) < 4.78 is 20.4. The van der Waals surface area contributed by atoms with E-state index in [1.165, 1.54) is 46.3 Å². The van der Waals surface area contributed by atoms with Crippen LogP contribution in [0.15, 0.2) is 95.3 Å². The summed E-state index contributed by atoms with van der Waals surface area (Å²) in [6.45, 7) is 4.01. The lowest BCUT2D eigenvalue weighted by atomic mass is 9.84. The van der Waals surface area contributed by atoms with E-state index < -0.39 is 35.7 Å². The van der Waals surface area contributed by atoms with Gasteiger partial charge in [-0.05, 0) is 70.6 Å². The van der Waals surface area contributed by atoms with Gasteiger partial charge in [-0.25, -0.2) is 14.2 Å². The molecule has 0 aliphatic carbocycles. The van der Waals surface area contributed by atoms with Crippen LogP contribution >= 0.6 is 11.6 Å². The van der Waals surface area contributed by atoms with Gasteiger partial charge in [0.25, 0.3) is 11.8 Å². The second-order valence-electron chi connectivity index (χ2n) is 12.4. The topological polar surface area (TPSA) is 127 Å². The van der Waals surface area contributed by atoms with Gasteiger partial charge >= 0.3 is 5.97 Å². The van der Waals surface area contributed by atoms with Crippen molar-refractivity contribution in [1.29, 1.82) is 0 Å². The lowest BCUT2D eigenvalue weighted by Gasteiger charge is -2.38. The molecule has 1 fully saturated rings. The molecule has 1 saturated heterocycles. The Hall–Kier alpha value is -5.17. The summed E-state index contributed by atoms with van der Waals surface area (Å²) in [7, 11) is 0. The molecule has 4 aromatic rings. The van der Waals surface area contributed by atoms with E-state index in [-0.39, 0.29) is 29.4 Å². The quantitative estimate of drug-likeness (QED) is 0.232. The first-order chi connectivity index (χ1) is 24.3. The van der Waals surface area contributed by atoms with Crippen LogP contribution in [-0.2, 0) is 27.3 Å². The highest BCUT2D eigenvalue weighted by atomic mass is 35.5. The molecular formula is C37H34ClFN6O5. The second kappa shape index (κ2) is 14.4. The molecule has 0 bridgehead atoms. The predicted molar refractivity (Wildman–Crippen MR) is 186 cm³/mol. The van der Waals surface area contributed by atoms with Crippen LogP contribution in [0.1, 0.15) is 33.1 Å². The molecule has 0 spiro atoms. The fraction of sp³-hybridized carbons (Fsp3) is 0.270. The van der Waals surface area contributed by atoms with Crippen molar-refractivity contribution < 1.29 is 28.6 Å². The summed E-state index contributed by atoms with van der Waals surface area (Å²) in [5.41, 5.74) is 5.40. The molecule has 3 aliphatic heterocycles. The van der Waals surface area contributed by atoms with Gasteiger partial charge in [0, 0.05) is 31.9 Å². The second-order valence-corrected chi connectivity index (χ2v) is 12.8. The first-order valence-corrected chi connectivity index (χ1v) is 16.7. The number of aromatic carboxylic acids is 1. The van der Waals surface area contributed by atoms with Crippen molar-refractivity contribution in [3.05, 3.63) is 118 Å². The first kappa shape index (κ1) is 33.3. The van der Waals surface area contributed by atoms with E-state index in [1.54, 1.807) is 6.07 Å². The average Bonchev–Trinajstić information content (AvgIpc) is 3.63. The summed E-state index contributed by atoms with van der Waals surface area (Å²) in [6.07, 6.45) is 0.483. The Morgan fingerprint density at radius 3 is 2.44 bits per heavy atom. The minimum absolute atomic E-state index is 0.0284. The lowest BCUT2D eigenvalue weighted by molar-refractivity contribution is -0.140. The SMILES string of the molecule is O=C(O)c1ccc(NC(=O)C2c3cccc(-c4ccccc4CN4CCOCC4)c3CCN2C(=O)C2CN(c3cccc(Cl)c3F)N=N2)cc1. The minimum Gasteiger partial charge on any atom is -0.478 e. The third-order valence-corrected chi connectivity index (χ3v) is 9.59. The van der Waals surface area contributed by atoms with Gasteiger partial charge < -0.3 is 20.1 Å². The predicted octanol–water partition coefficient (Wildman–Crippen LogP) is 6.00. The van der Waals surface area contributed by atoms with Gasteiger partial charge in [0.1, 0.15) is 6.04 Å². The van der Waals surface area contributed by atoms with Crippen LogP contribution in [0.5, 0.6) is 0 Å². The highest BCUT2D eigenvalue weighted by molar-refractivity contribution is 6.31. The van der Waals surface area contributed by atoms with Crippen molar-refractivity contribution >= 4 is 40.8 Å². The number of hydrogen-bond acceptors (Lipinski definition) is 8. The number of carbonyl (C=O) groups is 3. The zero-order valence-corrected chi connectivity index (χ0v) is 27.7. The standard InChI is InChI=1S/C37H34ClFN6O5/c38-30-9-4-10-32(33(30)39)45-22-31(41-42-45)36(47)44-16-15-28-27(26-6-2-1-5-24(26)21-43-17-19-50-20-18-43)7-3-8-29(28)34(44)35(46)40-25-13-11-23(12-14-25)37(48)49/h1-14,31,34H,15-22H2,(H,40,46)(H,48,49). The van der Waals surface area contributed by atoms with Gasteiger partial charge in [0.15, 0.2) is 11.9 Å². The van der Waals surface area contributed by atoms with Gasteiger partial charge in [-0.1, -0.05) is 65.4 Å². The van der Waals surface area contributed by atoms with Crippen LogP contribution in [0, 0.1) is 5.82 Å². The fourth-order valence-corrected chi connectivity index (χ4v) is 6.96. The number of carbonyl (C=O) groups excluding carboxylic acids is 2. The third-order valence-electron chi connectivity index (χ3n) is 9.30. The molecule has 3 aliphatic rings.